The number of anilines is 2. The van der Waals surface area contributed by atoms with Crippen LogP contribution in [0.25, 0.3) is 0 Å². The zero-order chi connectivity index (χ0) is 11.4. The standard InChI is InChI=1S/C11H15N3O2/c15-14(16)12-10-5-4-6-11(9-10)13-7-2-1-3-8-13/h4-6,9,12H,1-3,7-8H2. The molecule has 1 saturated heterocycles. The summed E-state index contributed by atoms with van der Waals surface area (Å²) in [4.78, 5) is 12.6. The zero-order valence-corrected chi connectivity index (χ0v) is 9.06. The predicted octanol–water partition coefficient (Wildman–Crippen LogP) is 2.28. The summed E-state index contributed by atoms with van der Waals surface area (Å²) >= 11 is 0. The van der Waals surface area contributed by atoms with E-state index in [1.54, 1.807) is 6.07 Å². The number of piperidine rings is 1. The van der Waals surface area contributed by atoms with E-state index in [2.05, 4.69) is 10.3 Å². The van der Waals surface area contributed by atoms with Crippen LogP contribution in [0.2, 0.25) is 0 Å². The molecule has 0 atom stereocenters. The van der Waals surface area contributed by atoms with Crippen molar-refractivity contribution in [2.45, 2.75) is 19.3 Å². The quantitative estimate of drug-likeness (QED) is 0.628. The molecule has 0 spiro atoms. The molecule has 5 nitrogen and oxygen atoms in total. The first kappa shape index (κ1) is 10.7. The minimum absolute atomic E-state index is 0.532. The van der Waals surface area contributed by atoms with Gasteiger partial charge in [0.25, 0.3) is 0 Å². The first-order chi connectivity index (χ1) is 7.75. The molecule has 2 rings (SSSR count). The van der Waals surface area contributed by atoms with E-state index in [9.17, 15) is 10.1 Å². The fourth-order valence-electron chi connectivity index (χ4n) is 2.03. The van der Waals surface area contributed by atoms with Gasteiger partial charge in [-0.2, -0.15) is 0 Å². The molecule has 0 unspecified atom stereocenters. The fraction of sp³-hybridized carbons (Fsp3) is 0.455. The maximum atomic E-state index is 10.3. The summed E-state index contributed by atoms with van der Waals surface area (Å²) in [6.45, 7) is 2.09. The Kier molecular flexibility index (Phi) is 3.24. The van der Waals surface area contributed by atoms with Crippen LogP contribution in [-0.4, -0.2) is 18.1 Å². The lowest BCUT2D eigenvalue weighted by Crippen LogP contribution is -2.29. The summed E-state index contributed by atoms with van der Waals surface area (Å²) in [7, 11) is 0. The second-order valence-corrected chi connectivity index (χ2v) is 3.97. The van der Waals surface area contributed by atoms with Crippen molar-refractivity contribution in [3.05, 3.63) is 34.4 Å². The van der Waals surface area contributed by atoms with E-state index in [1.165, 1.54) is 19.3 Å². The predicted molar refractivity (Wildman–Crippen MR) is 63.1 cm³/mol. The van der Waals surface area contributed by atoms with E-state index in [-0.39, 0.29) is 0 Å². The first-order valence-corrected chi connectivity index (χ1v) is 5.52. The molecule has 1 aromatic carbocycles. The van der Waals surface area contributed by atoms with Gasteiger partial charge in [0.15, 0.2) is 5.03 Å². The average molecular weight is 221 g/mol. The molecule has 1 aliphatic rings. The Bertz CT molecular complexity index is 375. The SMILES string of the molecule is O=[N+]([O-])Nc1cccc(N2CCCCC2)c1. The highest BCUT2D eigenvalue weighted by molar-refractivity contribution is 5.57. The molecule has 1 fully saturated rings. The van der Waals surface area contributed by atoms with Crippen LogP contribution in [0.1, 0.15) is 19.3 Å². The van der Waals surface area contributed by atoms with Crippen molar-refractivity contribution in [2.75, 3.05) is 23.4 Å². The molecule has 0 saturated carbocycles. The molecule has 1 aromatic rings. The molecule has 86 valence electrons. The summed E-state index contributed by atoms with van der Waals surface area (Å²) in [6.07, 6.45) is 3.68. The van der Waals surface area contributed by atoms with Gasteiger partial charge in [-0.3, -0.25) is 0 Å². The van der Waals surface area contributed by atoms with E-state index >= 15 is 0 Å². The molecule has 0 aliphatic carbocycles. The highest BCUT2D eigenvalue weighted by Gasteiger charge is 2.11. The Morgan fingerprint density at radius 3 is 2.69 bits per heavy atom. The van der Waals surface area contributed by atoms with Gasteiger partial charge in [-0.15, -0.1) is 5.43 Å². The minimum Gasteiger partial charge on any atom is -0.371 e. The van der Waals surface area contributed by atoms with Crippen molar-refractivity contribution >= 4 is 11.4 Å². The number of hydrogen-bond acceptors (Lipinski definition) is 3. The first-order valence-electron chi connectivity index (χ1n) is 5.52. The van der Waals surface area contributed by atoms with Crippen LogP contribution in [0.3, 0.4) is 0 Å². The summed E-state index contributed by atoms with van der Waals surface area (Å²) in [5.41, 5.74) is 3.78. The fourth-order valence-corrected chi connectivity index (χ4v) is 2.03. The Balaban J connectivity index is 2.11. The van der Waals surface area contributed by atoms with Gasteiger partial charge < -0.3 is 4.90 Å². The maximum Gasteiger partial charge on any atom is 0.162 e. The molecule has 0 radical (unpaired) electrons. The van der Waals surface area contributed by atoms with Gasteiger partial charge in [0.05, 0.1) is 0 Å². The summed E-state index contributed by atoms with van der Waals surface area (Å²) in [6, 6.07) is 7.37. The van der Waals surface area contributed by atoms with Crippen molar-refractivity contribution in [2.24, 2.45) is 0 Å². The van der Waals surface area contributed by atoms with Crippen LogP contribution in [-0.2, 0) is 0 Å². The van der Waals surface area contributed by atoms with Gasteiger partial charge >= 0.3 is 0 Å². The van der Waals surface area contributed by atoms with Gasteiger partial charge in [-0.05, 0) is 37.5 Å². The lowest BCUT2D eigenvalue weighted by molar-refractivity contribution is -0.445. The second-order valence-electron chi connectivity index (χ2n) is 3.97. The minimum atomic E-state index is -0.532. The third kappa shape index (κ3) is 2.62. The highest BCUT2D eigenvalue weighted by Crippen LogP contribution is 2.22. The van der Waals surface area contributed by atoms with Crippen molar-refractivity contribution in [1.29, 1.82) is 0 Å². The Morgan fingerprint density at radius 2 is 2.00 bits per heavy atom. The molecule has 1 aliphatic heterocycles. The van der Waals surface area contributed by atoms with Crippen molar-refractivity contribution in [3.63, 3.8) is 0 Å². The van der Waals surface area contributed by atoms with Gasteiger partial charge in [-0.25, -0.2) is 10.1 Å². The number of rotatable bonds is 3. The van der Waals surface area contributed by atoms with Crippen molar-refractivity contribution in [1.82, 2.24) is 0 Å². The molecule has 1 N–H and O–H groups in total. The second kappa shape index (κ2) is 4.83. The molecule has 16 heavy (non-hydrogen) atoms. The Labute approximate surface area is 94.2 Å². The van der Waals surface area contributed by atoms with E-state index in [4.69, 9.17) is 0 Å². The normalized spacial score (nSPS) is 15.9. The van der Waals surface area contributed by atoms with Crippen LogP contribution < -0.4 is 10.3 Å². The molecule has 0 bridgehead atoms. The lowest BCUT2D eigenvalue weighted by Gasteiger charge is -2.28. The van der Waals surface area contributed by atoms with Crippen LogP contribution in [0.15, 0.2) is 24.3 Å². The third-order valence-electron chi connectivity index (χ3n) is 2.79. The monoisotopic (exact) mass is 221 g/mol. The molecule has 0 amide bonds. The maximum absolute atomic E-state index is 10.3. The Hall–Kier alpha value is -1.78. The van der Waals surface area contributed by atoms with Gasteiger partial charge in [0.1, 0.15) is 5.69 Å². The van der Waals surface area contributed by atoms with E-state index in [1.807, 2.05) is 18.2 Å². The number of nitrogens with one attached hydrogen (secondary N) is 1. The largest absolute Gasteiger partial charge is 0.371 e. The van der Waals surface area contributed by atoms with Crippen molar-refractivity contribution < 1.29 is 5.03 Å². The van der Waals surface area contributed by atoms with Crippen LogP contribution in [0.5, 0.6) is 0 Å². The highest BCUT2D eigenvalue weighted by atomic mass is 16.7. The number of nitrogens with zero attached hydrogens (tertiary/aromatic N) is 2. The van der Waals surface area contributed by atoms with Gasteiger partial charge in [0, 0.05) is 18.8 Å². The van der Waals surface area contributed by atoms with Crippen molar-refractivity contribution in [3.8, 4) is 0 Å². The summed E-state index contributed by atoms with van der Waals surface area (Å²) < 4.78 is 0. The van der Waals surface area contributed by atoms with E-state index in [0.717, 1.165) is 18.8 Å². The molecule has 0 aromatic heterocycles. The molecule has 1 heterocycles. The molecular weight excluding hydrogens is 206 g/mol. The van der Waals surface area contributed by atoms with Gasteiger partial charge in [-0.1, -0.05) is 6.07 Å². The smallest absolute Gasteiger partial charge is 0.162 e. The number of hydrazine groups is 1. The number of benzene rings is 1. The topological polar surface area (TPSA) is 58.4 Å². The Morgan fingerprint density at radius 1 is 1.25 bits per heavy atom. The van der Waals surface area contributed by atoms with E-state index < -0.39 is 5.03 Å². The van der Waals surface area contributed by atoms with Gasteiger partial charge in [0.2, 0.25) is 0 Å². The van der Waals surface area contributed by atoms with Crippen LogP contribution in [0.4, 0.5) is 11.4 Å². The van der Waals surface area contributed by atoms with E-state index in [0.29, 0.717) is 5.69 Å². The zero-order valence-electron chi connectivity index (χ0n) is 9.06. The summed E-state index contributed by atoms with van der Waals surface area (Å²) in [5.74, 6) is 0. The average Bonchev–Trinajstić information content (AvgIpc) is 2.30. The molecular formula is C11H15N3O2. The summed E-state index contributed by atoms with van der Waals surface area (Å²) in [5, 5.41) is 9.80. The molecule has 5 heteroatoms. The van der Waals surface area contributed by atoms with Crippen LogP contribution >= 0.6 is 0 Å². The van der Waals surface area contributed by atoms with Crippen LogP contribution in [0, 0.1) is 10.1 Å². The number of hydrogen-bond donors (Lipinski definition) is 1. The lowest BCUT2D eigenvalue weighted by atomic mass is 10.1. The third-order valence-corrected chi connectivity index (χ3v) is 2.79. The number of nitro groups is 1.